The Balaban J connectivity index is 1.55. The second-order valence-electron chi connectivity index (χ2n) is 9.13. The minimum absolute atomic E-state index is 0.0181. The highest BCUT2D eigenvalue weighted by molar-refractivity contribution is 5.72. The summed E-state index contributed by atoms with van der Waals surface area (Å²) in [5.74, 6) is -3.31. The van der Waals surface area contributed by atoms with Crippen LogP contribution < -0.4 is 4.74 Å². The van der Waals surface area contributed by atoms with E-state index in [0.29, 0.717) is 35.6 Å². The van der Waals surface area contributed by atoms with Crippen molar-refractivity contribution in [1.82, 2.24) is 0 Å². The molecule has 0 radical (unpaired) electrons. The third-order valence-electron chi connectivity index (χ3n) is 6.80. The normalized spacial score (nSPS) is 18.2. The van der Waals surface area contributed by atoms with Gasteiger partial charge in [0.05, 0.1) is 6.61 Å². The molecule has 0 atom stereocenters. The standard InChI is InChI=1S/C30H30F4O/c1-3-5-19-6-8-20(9-7-19)23-14-15-24(28(32)27(23)31)21-10-12-22(13-11-21)25-16-17-26(35-18-4-2)30(34)29(25)33/h3,5,10-17,19-20H,4,6-9,18H2,1-2H3. The molecule has 184 valence electrons. The van der Waals surface area contributed by atoms with E-state index in [1.165, 1.54) is 12.1 Å². The maximum Gasteiger partial charge on any atom is 0.201 e. The number of rotatable bonds is 7. The molecule has 0 N–H and O–H groups in total. The lowest BCUT2D eigenvalue weighted by Gasteiger charge is -2.27. The number of benzene rings is 3. The van der Waals surface area contributed by atoms with Gasteiger partial charge in [0.2, 0.25) is 5.82 Å². The quantitative estimate of drug-likeness (QED) is 0.241. The zero-order chi connectivity index (χ0) is 24.9. The first-order valence-electron chi connectivity index (χ1n) is 12.3. The fraction of sp³-hybridized carbons (Fsp3) is 0.333. The molecule has 0 spiro atoms. The zero-order valence-electron chi connectivity index (χ0n) is 20.1. The van der Waals surface area contributed by atoms with Crippen molar-refractivity contribution >= 4 is 0 Å². The van der Waals surface area contributed by atoms with Crippen LogP contribution in [-0.2, 0) is 0 Å². The maximum atomic E-state index is 15.1. The van der Waals surface area contributed by atoms with Gasteiger partial charge in [0.15, 0.2) is 23.2 Å². The Bertz CT molecular complexity index is 1190. The molecule has 1 aliphatic rings. The highest BCUT2D eigenvalue weighted by Crippen LogP contribution is 2.39. The number of halogens is 4. The van der Waals surface area contributed by atoms with Crippen molar-refractivity contribution in [2.75, 3.05) is 6.61 Å². The van der Waals surface area contributed by atoms with Crippen LogP contribution in [-0.4, -0.2) is 6.61 Å². The van der Waals surface area contributed by atoms with Crippen LogP contribution in [0.25, 0.3) is 22.3 Å². The van der Waals surface area contributed by atoms with Crippen LogP contribution in [0.1, 0.15) is 57.4 Å². The van der Waals surface area contributed by atoms with Gasteiger partial charge in [0.1, 0.15) is 0 Å². The highest BCUT2D eigenvalue weighted by atomic mass is 19.2. The lowest BCUT2D eigenvalue weighted by atomic mass is 9.78. The fourth-order valence-electron chi connectivity index (χ4n) is 4.90. The summed E-state index contributed by atoms with van der Waals surface area (Å²) in [5, 5.41) is 0. The smallest absolute Gasteiger partial charge is 0.201 e. The Morgan fingerprint density at radius 2 is 1.31 bits per heavy atom. The monoisotopic (exact) mass is 482 g/mol. The summed E-state index contributed by atoms with van der Waals surface area (Å²) in [6.45, 7) is 4.17. The lowest BCUT2D eigenvalue weighted by molar-refractivity contribution is 0.295. The van der Waals surface area contributed by atoms with Gasteiger partial charge in [-0.05, 0) is 79.7 Å². The van der Waals surface area contributed by atoms with Crippen LogP contribution in [0.2, 0.25) is 0 Å². The second kappa shape index (κ2) is 11.1. The summed E-state index contributed by atoms with van der Waals surface area (Å²) in [6, 6.07) is 12.5. The second-order valence-corrected chi connectivity index (χ2v) is 9.13. The van der Waals surface area contributed by atoms with Crippen LogP contribution in [0.5, 0.6) is 5.75 Å². The van der Waals surface area contributed by atoms with Gasteiger partial charge in [0, 0.05) is 11.1 Å². The Kier molecular flexibility index (Phi) is 7.94. The Morgan fingerprint density at radius 3 is 1.89 bits per heavy atom. The molecule has 0 heterocycles. The van der Waals surface area contributed by atoms with Crippen molar-refractivity contribution in [1.29, 1.82) is 0 Å². The Hall–Kier alpha value is -3.08. The van der Waals surface area contributed by atoms with E-state index in [1.54, 1.807) is 36.4 Å². The van der Waals surface area contributed by atoms with Crippen LogP contribution in [0, 0.1) is 29.2 Å². The zero-order valence-corrected chi connectivity index (χ0v) is 20.1. The summed E-state index contributed by atoms with van der Waals surface area (Å²) in [7, 11) is 0. The third kappa shape index (κ3) is 5.29. The number of ether oxygens (including phenoxy) is 1. The molecule has 0 aromatic heterocycles. The van der Waals surface area contributed by atoms with E-state index in [9.17, 15) is 8.78 Å². The van der Waals surface area contributed by atoms with Crippen LogP contribution >= 0.6 is 0 Å². The van der Waals surface area contributed by atoms with Gasteiger partial charge in [-0.15, -0.1) is 0 Å². The summed E-state index contributed by atoms with van der Waals surface area (Å²) in [6.07, 6.45) is 8.54. The number of hydrogen-bond acceptors (Lipinski definition) is 1. The third-order valence-corrected chi connectivity index (χ3v) is 6.80. The first-order valence-corrected chi connectivity index (χ1v) is 12.3. The van der Waals surface area contributed by atoms with Gasteiger partial charge in [-0.2, -0.15) is 4.39 Å². The molecule has 1 aliphatic carbocycles. The predicted molar refractivity (Wildman–Crippen MR) is 132 cm³/mol. The van der Waals surface area contributed by atoms with Crippen LogP contribution in [0.4, 0.5) is 17.6 Å². The molecule has 0 saturated heterocycles. The summed E-state index contributed by atoms with van der Waals surface area (Å²) >= 11 is 0. The van der Waals surface area contributed by atoms with Gasteiger partial charge in [-0.3, -0.25) is 0 Å². The largest absolute Gasteiger partial charge is 0.490 e. The predicted octanol–water partition coefficient (Wildman–Crippen LogP) is 9.22. The topological polar surface area (TPSA) is 9.23 Å². The van der Waals surface area contributed by atoms with Crippen molar-refractivity contribution in [3.05, 3.63) is 89.5 Å². The van der Waals surface area contributed by atoms with Crippen LogP contribution in [0.3, 0.4) is 0 Å². The van der Waals surface area contributed by atoms with E-state index < -0.39 is 23.3 Å². The van der Waals surface area contributed by atoms with E-state index in [0.717, 1.165) is 25.7 Å². The molecular weight excluding hydrogens is 452 g/mol. The molecule has 0 amide bonds. The Labute approximate surface area is 204 Å². The molecule has 4 rings (SSSR count). The number of allylic oxidation sites excluding steroid dienone is 2. The van der Waals surface area contributed by atoms with Crippen molar-refractivity contribution in [3.63, 3.8) is 0 Å². The van der Waals surface area contributed by atoms with Gasteiger partial charge in [-0.1, -0.05) is 55.5 Å². The van der Waals surface area contributed by atoms with Crippen molar-refractivity contribution < 1.29 is 22.3 Å². The molecule has 5 heteroatoms. The first-order chi connectivity index (χ1) is 16.9. The van der Waals surface area contributed by atoms with E-state index in [2.05, 4.69) is 6.08 Å². The minimum Gasteiger partial charge on any atom is -0.490 e. The molecule has 0 aliphatic heterocycles. The van der Waals surface area contributed by atoms with Gasteiger partial charge in [-0.25, -0.2) is 13.2 Å². The summed E-state index contributed by atoms with van der Waals surface area (Å²) < 4.78 is 64.4. The van der Waals surface area contributed by atoms with E-state index in [1.807, 2.05) is 19.9 Å². The summed E-state index contributed by atoms with van der Waals surface area (Å²) in [4.78, 5) is 0. The number of hydrogen-bond donors (Lipinski definition) is 0. The summed E-state index contributed by atoms with van der Waals surface area (Å²) in [5.41, 5.74) is 1.56. The van der Waals surface area contributed by atoms with Crippen molar-refractivity contribution in [2.45, 2.75) is 51.9 Å². The Morgan fingerprint density at radius 1 is 0.743 bits per heavy atom. The first kappa shape index (κ1) is 25.0. The maximum absolute atomic E-state index is 15.1. The molecule has 35 heavy (non-hydrogen) atoms. The molecule has 3 aromatic rings. The lowest BCUT2D eigenvalue weighted by Crippen LogP contribution is -2.13. The molecule has 0 unspecified atom stereocenters. The molecular formula is C30H30F4O. The minimum atomic E-state index is -1.04. The molecule has 1 fully saturated rings. The average molecular weight is 483 g/mol. The SMILES string of the molecule is CC=CC1CCC(c2ccc(-c3ccc(-c4ccc(OCCC)c(F)c4F)cc3)c(F)c2F)CC1. The average Bonchev–Trinajstić information content (AvgIpc) is 2.88. The fourth-order valence-corrected chi connectivity index (χ4v) is 4.90. The van der Waals surface area contributed by atoms with Crippen molar-refractivity contribution in [2.24, 2.45) is 5.92 Å². The van der Waals surface area contributed by atoms with Gasteiger partial charge < -0.3 is 4.74 Å². The van der Waals surface area contributed by atoms with Crippen molar-refractivity contribution in [3.8, 4) is 28.0 Å². The van der Waals surface area contributed by atoms with Gasteiger partial charge >= 0.3 is 0 Å². The molecule has 1 saturated carbocycles. The molecule has 1 nitrogen and oxygen atoms in total. The van der Waals surface area contributed by atoms with Crippen LogP contribution in [0.15, 0.2) is 60.7 Å². The van der Waals surface area contributed by atoms with E-state index in [4.69, 9.17) is 4.74 Å². The molecule has 0 bridgehead atoms. The van der Waals surface area contributed by atoms with Gasteiger partial charge in [0.25, 0.3) is 0 Å². The highest BCUT2D eigenvalue weighted by Gasteiger charge is 2.26. The molecule has 3 aromatic carbocycles. The van der Waals surface area contributed by atoms with E-state index in [-0.39, 0.29) is 22.8 Å². The van der Waals surface area contributed by atoms with E-state index >= 15 is 8.78 Å².